The van der Waals surface area contributed by atoms with Crippen LogP contribution in [0.1, 0.15) is 22.2 Å². The Morgan fingerprint density at radius 2 is 2.04 bits per heavy atom. The van der Waals surface area contributed by atoms with E-state index >= 15 is 0 Å². The average Bonchev–Trinajstić information content (AvgIpc) is 3.13. The SMILES string of the molecule is CC(Nc1ccc(C(F)(F)F)cc1[N+](=O)[O-])C(=O)OCC(=O)c1cccs1. The first kappa shape index (κ1) is 20.4. The van der Waals surface area contributed by atoms with Crippen LogP contribution < -0.4 is 5.32 Å². The van der Waals surface area contributed by atoms with Crippen molar-refractivity contribution in [2.45, 2.75) is 19.1 Å². The molecule has 0 radical (unpaired) electrons. The van der Waals surface area contributed by atoms with Crippen LogP contribution >= 0.6 is 11.3 Å². The van der Waals surface area contributed by atoms with Gasteiger partial charge in [0.25, 0.3) is 5.69 Å². The smallest absolute Gasteiger partial charge is 0.416 e. The number of carbonyl (C=O) groups excluding carboxylic acids is 2. The molecular formula is C16H13F3N2O5S. The summed E-state index contributed by atoms with van der Waals surface area (Å²) in [6.07, 6.45) is -4.74. The van der Waals surface area contributed by atoms with Crippen LogP contribution in [-0.4, -0.2) is 29.3 Å². The molecule has 0 aliphatic heterocycles. The third-order valence-corrected chi connectivity index (χ3v) is 4.30. The monoisotopic (exact) mass is 402 g/mol. The van der Waals surface area contributed by atoms with E-state index in [4.69, 9.17) is 4.74 Å². The van der Waals surface area contributed by atoms with Gasteiger partial charge in [-0.1, -0.05) is 6.07 Å². The van der Waals surface area contributed by atoms with E-state index in [1.807, 2.05) is 0 Å². The van der Waals surface area contributed by atoms with Crippen molar-refractivity contribution >= 4 is 34.5 Å². The number of esters is 1. The number of halogens is 3. The number of ketones is 1. The lowest BCUT2D eigenvalue weighted by atomic mass is 10.1. The number of anilines is 1. The van der Waals surface area contributed by atoms with Crippen LogP contribution in [-0.2, 0) is 15.7 Å². The topological polar surface area (TPSA) is 98.5 Å². The Balaban J connectivity index is 2.05. The van der Waals surface area contributed by atoms with E-state index in [9.17, 15) is 32.9 Å². The molecule has 1 N–H and O–H groups in total. The van der Waals surface area contributed by atoms with Gasteiger partial charge in [-0.15, -0.1) is 11.3 Å². The number of nitro groups is 1. The van der Waals surface area contributed by atoms with Gasteiger partial charge < -0.3 is 10.1 Å². The van der Waals surface area contributed by atoms with Crippen molar-refractivity contribution in [3.63, 3.8) is 0 Å². The molecule has 2 aromatic rings. The van der Waals surface area contributed by atoms with E-state index < -0.39 is 46.8 Å². The van der Waals surface area contributed by atoms with Crippen molar-refractivity contribution in [3.05, 3.63) is 56.3 Å². The first-order valence-electron chi connectivity index (χ1n) is 7.45. The quantitative estimate of drug-likeness (QED) is 0.326. The normalized spacial score (nSPS) is 12.3. The van der Waals surface area contributed by atoms with Gasteiger partial charge in [0, 0.05) is 6.07 Å². The Labute approximate surface area is 154 Å². The third kappa shape index (κ3) is 5.26. The number of hydrogen-bond donors (Lipinski definition) is 1. The molecule has 1 atom stereocenters. The summed E-state index contributed by atoms with van der Waals surface area (Å²) in [5.41, 5.74) is -2.29. The standard InChI is InChI=1S/C16H13F3N2O5S/c1-9(15(23)26-8-13(22)14-3-2-6-27-14)20-11-5-4-10(16(17,18)19)7-12(11)21(24)25/h2-7,9,20H,8H2,1H3. The molecule has 0 fully saturated rings. The molecule has 1 aromatic heterocycles. The molecule has 1 unspecified atom stereocenters. The highest BCUT2D eigenvalue weighted by Crippen LogP contribution is 2.35. The van der Waals surface area contributed by atoms with Gasteiger partial charge in [-0.3, -0.25) is 14.9 Å². The first-order chi connectivity index (χ1) is 12.6. The van der Waals surface area contributed by atoms with Crippen LogP contribution in [0, 0.1) is 10.1 Å². The molecule has 1 aromatic carbocycles. The van der Waals surface area contributed by atoms with Gasteiger partial charge in [0.05, 0.1) is 15.4 Å². The summed E-state index contributed by atoms with van der Waals surface area (Å²) in [6, 6.07) is 3.99. The van der Waals surface area contributed by atoms with Gasteiger partial charge in [0.15, 0.2) is 6.61 Å². The summed E-state index contributed by atoms with van der Waals surface area (Å²) in [5.74, 6) is -1.29. The second-order valence-electron chi connectivity index (χ2n) is 5.36. The van der Waals surface area contributed by atoms with Gasteiger partial charge in [0.1, 0.15) is 11.7 Å². The fourth-order valence-corrected chi connectivity index (χ4v) is 2.69. The van der Waals surface area contributed by atoms with Gasteiger partial charge in [0.2, 0.25) is 5.78 Å². The Kier molecular flexibility index (Phi) is 6.16. The van der Waals surface area contributed by atoms with Gasteiger partial charge in [-0.05, 0) is 30.5 Å². The molecule has 11 heteroatoms. The van der Waals surface area contributed by atoms with Crippen molar-refractivity contribution in [1.29, 1.82) is 0 Å². The highest BCUT2D eigenvalue weighted by molar-refractivity contribution is 7.12. The number of nitrogens with zero attached hydrogens (tertiary/aromatic N) is 1. The number of rotatable bonds is 7. The van der Waals surface area contributed by atoms with E-state index in [2.05, 4.69) is 5.32 Å². The maximum Gasteiger partial charge on any atom is 0.416 e. The van der Waals surface area contributed by atoms with Crippen molar-refractivity contribution in [2.75, 3.05) is 11.9 Å². The Hall–Kier alpha value is -2.95. The number of alkyl halides is 3. The Morgan fingerprint density at radius 3 is 2.59 bits per heavy atom. The number of nitrogens with one attached hydrogen (secondary N) is 1. The zero-order valence-corrected chi connectivity index (χ0v) is 14.6. The van der Waals surface area contributed by atoms with Crippen LogP contribution in [0.2, 0.25) is 0 Å². The van der Waals surface area contributed by atoms with Crippen LogP contribution in [0.4, 0.5) is 24.5 Å². The summed E-state index contributed by atoms with van der Waals surface area (Å²) in [5, 5.41) is 15.2. The number of thiophene rings is 1. The predicted octanol–water partition coefficient (Wildman–Crippen LogP) is 3.90. The zero-order chi connectivity index (χ0) is 20.2. The summed E-state index contributed by atoms with van der Waals surface area (Å²) < 4.78 is 42.9. The molecule has 0 aliphatic carbocycles. The molecule has 144 valence electrons. The number of benzene rings is 1. The van der Waals surface area contributed by atoms with Crippen molar-refractivity contribution in [3.8, 4) is 0 Å². The lowest BCUT2D eigenvalue weighted by Crippen LogP contribution is -2.30. The molecule has 0 spiro atoms. The summed E-state index contributed by atoms with van der Waals surface area (Å²) in [7, 11) is 0. The molecule has 0 amide bonds. The van der Waals surface area contributed by atoms with E-state index in [0.29, 0.717) is 17.0 Å². The molecule has 2 rings (SSSR count). The fourth-order valence-electron chi connectivity index (χ4n) is 2.04. The average molecular weight is 402 g/mol. The third-order valence-electron chi connectivity index (χ3n) is 3.39. The number of Topliss-reactive ketones (excluding diaryl/α,β-unsaturated/α-hetero) is 1. The molecular weight excluding hydrogens is 389 g/mol. The molecule has 7 nitrogen and oxygen atoms in total. The Morgan fingerprint density at radius 1 is 1.33 bits per heavy atom. The van der Waals surface area contributed by atoms with Gasteiger partial charge in [-0.25, -0.2) is 4.79 Å². The van der Waals surface area contributed by atoms with E-state index in [0.717, 1.165) is 6.07 Å². The predicted molar refractivity (Wildman–Crippen MR) is 90.8 cm³/mol. The minimum absolute atomic E-state index is 0.276. The maximum absolute atomic E-state index is 12.7. The number of carbonyl (C=O) groups is 2. The molecule has 1 heterocycles. The number of hydrogen-bond acceptors (Lipinski definition) is 7. The van der Waals surface area contributed by atoms with E-state index in [1.54, 1.807) is 17.5 Å². The highest BCUT2D eigenvalue weighted by Gasteiger charge is 2.33. The molecule has 0 aliphatic rings. The largest absolute Gasteiger partial charge is 0.456 e. The number of nitro benzene ring substituents is 1. The van der Waals surface area contributed by atoms with Crippen LogP contribution in [0.25, 0.3) is 0 Å². The molecule has 0 bridgehead atoms. The second kappa shape index (κ2) is 8.16. The second-order valence-corrected chi connectivity index (χ2v) is 6.31. The highest BCUT2D eigenvalue weighted by atomic mass is 32.1. The van der Waals surface area contributed by atoms with Gasteiger partial charge in [-0.2, -0.15) is 13.2 Å². The van der Waals surface area contributed by atoms with Crippen LogP contribution in [0.3, 0.4) is 0 Å². The lowest BCUT2D eigenvalue weighted by molar-refractivity contribution is -0.384. The first-order valence-corrected chi connectivity index (χ1v) is 8.33. The van der Waals surface area contributed by atoms with Crippen LogP contribution in [0.15, 0.2) is 35.7 Å². The Bertz CT molecular complexity index is 852. The zero-order valence-electron chi connectivity index (χ0n) is 13.8. The lowest BCUT2D eigenvalue weighted by Gasteiger charge is -2.15. The minimum Gasteiger partial charge on any atom is -0.456 e. The summed E-state index contributed by atoms with van der Waals surface area (Å²) in [4.78, 5) is 34.2. The minimum atomic E-state index is -4.74. The van der Waals surface area contributed by atoms with Gasteiger partial charge >= 0.3 is 12.1 Å². The van der Waals surface area contributed by atoms with E-state index in [-0.39, 0.29) is 5.69 Å². The molecule has 0 saturated carbocycles. The van der Waals surface area contributed by atoms with Crippen molar-refractivity contribution < 1.29 is 32.4 Å². The molecule has 27 heavy (non-hydrogen) atoms. The van der Waals surface area contributed by atoms with E-state index in [1.165, 1.54) is 18.3 Å². The summed E-state index contributed by atoms with van der Waals surface area (Å²) in [6.45, 7) is 0.791. The van der Waals surface area contributed by atoms with Crippen molar-refractivity contribution in [2.24, 2.45) is 0 Å². The van der Waals surface area contributed by atoms with Crippen LogP contribution in [0.5, 0.6) is 0 Å². The fraction of sp³-hybridized carbons (Fsp3) is 0.250. The summed E-state index contributed by atoms with van der Waals surface area (Å²) >= 11 is 1.18. The maximum atomic E-state index is 12.7. The molecule has 0 saturated heterocycles. The van der Waals surface area contributed by atoms with Crippen molar-refractivity contribution in [1.82, 2.24) is 0 Å². The number of ether oxygens (including phenoxy) is 1.